The second-order valence-electron chi connectivity index (χ2n) is 6.56. The number of alkyl halides is 3. The van der Waals surface area contributed by atoms with Gasteiger partial charge in [-0.3, -0.25) is 4.68 Å². The molecule has 1 heterocycles. The van der Waals surface area contributed by atoms with Gasteiger partial charge in [0.15, 0.2) is 5.69 Å². The van der Waals surface area contributed by atoms with E-state index in [0.29, 0.717) is 11.4 Å². The van der Waals surface area contributed by atoms with Crippen molar-refractivity contribution in [2.75, 3.05) is 7.11 Å². The maximum atomic E-state index is 13.3. The van der Waals surface area contributed by atoms with Crippen molar-refractivity contribution in [2.24, 2.45) is 0 Å². The summed E-state index contributed by atoms with van der Waals surface area (Å²) in [7, 11) is 1.57. The first-order valence-electron chi connectivity index (χ1n) is 7.32. The van der Waals surface area contributed by atoms with Gasteiger partial charge in [0.2, 0.25) is 0 Å². The molecule has 0 amide bonds. The number of hydrogen-bond donors (Lipinski definition) is 0. The minimum absolute atomic E-state index is 0.249. The van der Waals surface area contributed by atoms with E-state index in [4.69, 9.17) is 4.74 Å². The average Bonchev–Trinajstić information content (AvgIpc) is 2.77. The molecule has 2 aromatic rings. The molecule has 2 rings (SSSR count). The van der Waals surface area contributed by atoms with Crippen molar-refractivity contribution in [3.8, 4) is 5.75 Å². The number of hydrogen-bond acceptors (Lipinski definition) is 2. The van der Waals surface area contributed by atoms with Gasteiger partial charge in [0.1, 0.15) is 5.75 Å². The molecule has 3 nitrogen and oxygen atoms in total. The molecular weight excluding hydrogens is 305 g/mol. The molecule has 0 radical (unpaired) electrons. The van der Waals surface area contributed by atoms with Crippen molar-refractivity contribution in [2.45, 2.75) is 45.8 Å². The van der Waals surface area contributed by atoms with Gasteiger partial charge in [-0.1, -0.05) is 32.9 Å². The summed E-state index contributed by atoms with van der Waals surface area (Å²) < 4.78 is 46.5. The molecule has 126 valence electrons. The number of benzene rings is 1. The Labute approximate surface area is 134 Å². The molecule has 0 aliphatic rings. The highest BCUT2D eigenvalue weighted by Crippen LogP contribution is 2.38. The van der Waals surface area contributed by atoms with Crippen molar-refractivity contribution >= 4 is 0 Å². The molecule has 23 heavy (non-hydrogen) atoms. The van der Waals surface area contributed by atoms with Crippen LogP contribution in [0.15, 0.2) is 24.3 Å². The van der Waals surface area contributed by atoms with E-state index in [1.165, 1.54) is 4.68 Å². The zero-order chi connectivity index (χ0) is 17.4. The largest absolute Gasteiger partial charge is 0.497 e. The lowest BCUT2D eigenvalue weighted by atomic mass is 9.85. The van der Waals surface area contributed by atoms with Crippen molar-refractivity contribution < 1.29 is 17.9 Å². The van der Waals surface area contributed by atoms with Crippen LogP contribution < -0.4 is 4.74 Å². The van der Waals surface area contributed by atoms with Crippen LogP contribution in [0, 0.1) is 6.92 Å². The number of methoxy groups -OCH3 is 1. The Bertz CT molecular complexity index is 680. The van der Waals surface area contributed by atoms with E-state index in [1.54, 1.807) is 46.9 Å². The normalized spacial score (nSPS) is 12.5. The predicted octanol–water partition coefficient (Wildman–Crippen LogP) is 4.56. The van der Waals surface area contributed by atoms with Crippen LogP contribution in [0.2, 0.25) is 0 Å². The van der Waals surface area contributed by atoms with Crippen molar-refractivity contribution in [3.63, 3.8) is 0 Å². The maximum Gasteiger partial charge on any atom is 0.435 e. The summed E-state index contributed by atoms with van der Waals surface area (Å²) in [6.45, 7) is 7.28. The molecule has 0 atom stereocenters. The van der Waals surface area contributed by atoms with Crippen molar-refractivity contribution in [1.82, 2.24) is 9.78 Å². The van der Waals surface area contributed by atoms with Gasteiger partial charge in [-0.25, -0.2) is 0 Å². The highest BCUT2D eigenvalue weighted by molar-refractivity contribution is 5.35. The molecule has 0 N–H and O–H groups in total. The molecule has 1 aromatic carbocycles. The quantitative estimate of drug-likeness (QED) is 0.826. The Morgan fingerprint density at radius 2 is 1.65 bits per heavy atom. The minimum Gasteiger partial charge on any atom is -0.497 e. The van der Waals surface area contributed by atoms with Gasteiger partial charge in [-0.15, -0.1) is 0 Å². The Hall–Kier alpha value is -1.98. The predicted molar refractivity (Wildman–Crippen MR) is 82.8 cm³/mol. The van der Waals surface area contributed by atoms with Crippen molar-refractivity contribution in [1.29, 1.82) is 0 Å². The summed E-state index contributed by atoms with van der Waals surface area (Å²) in [4.78, 5) is 0. The number of rotatable bonds is 3. The number of aromatic nitrogens is 2. The number of halogens is 3. The van der Waals surface area contributed by atoms with E-state index < -0.39 is 17.3 Å². The van der Waals surface area contributed by atoms with Crippen molar-refractivity contribution in [3.05, 3.63) is 46.8 Å². The molecule has 0 saturated heterocycles. The third-order valence-electron chi connectivity index (χ3n) is 3.72. The van der Waals surface area contributed by atoms with Gasteiger partial charge < -0.3 is 4.74 Å². The van der Waals surface area contributed by atoms with Gasteiger partial charge >= 0.3 is 6.18 Å². The minimum atomic E-state index is -4.46. The average molecular weight is 326 g/mol. The highest BCUT2D eigenvalue weighted by atomic mass is 19.4. The zero-order valence-corrected chi connectivity index (χ0v) is 14.0. The van der Waals surface area contributed by atoms with E-state index in [-0.39, 0.29) is 12.1 Å². The topological polar surface area (TPSA) is 27.1 Å². The monoisotopic (exact) mass is 326 g/mol. The van der Waals surface area contributed by atoms with E-state index in [1.807, 2.05) is 12.1 Å². The maximum absolute atomic E-state index is 13.3. The first kappa shape index (κ1) is 17.4. The van der Waals surface area contributed by atoms with Crippen LogP contribution in [0.5, 0.6) is 5.75 Å². The molecule has 1 aromatic heterocycles. The van der Waals surface area contributed by atoms with E-state index in [9.17, 15) is 13.2 Å². The third kappa shape index (κ3) is 3.68. The standard InChI is InChI=1S/C17H21F3N2O/c1-11-14(16(2,3)4)15(17(18,19)20)21-22(11)10-12-6-8-13(23-5)9-7-12/h6-9H,10H2,1-5H3. The fraction of sp³-hybridized carbons (Fsp3) is 0.471. The SMILES string of the molecule is COc1ccc(Cn2nc(C(F)(F)F)c(C(C)(C)C)c2C)cc1. The zero-order valence-electron chi connectivity index (χ0n) is 14.0. The summed E-state index contributed by atoms with van der Waals surface area (Å²) in [5, 5.41) is 3.85. The van der Waals surface area contributed by atoms with Gasteiger partial charge in [0, 0.05) is 11.3 Å². The Balaban J connectivity index is 2.45. The van der Waals surface area contributed by atoms with Crippen LogP contribution >= 0.6 is 0 Å². The van der Waals surface area contributed by atoms with Crippen LogP contribution in [-0.2, 0) is 18.1 Å². The van der Waals surface area contributed by atoms with Gasteiger partial charge in [-0.2, -0.15) is 18.3 Å². The van der Waals surface area contributed by atoms with E-state index in [0.717, 1.165) is 5.56 Å². The summed E-state index contributed by atoms with van der Waals surface area (Å²) in [5.74, 6) is 0.706. The smallest absolute Gasteiger partial charge is 0.435 e. The first-order chi connectivity index (χ1) is 10.5. The van der Waals surface area contributed by atoms with Crippen LogP contribution in [-0.4, -0.2) is 16.9 Å². The molecule has 0 aliphatic carbocycles. The molecule has 0 saturated carbocycles. The molecule has 0 fully saturated rings. The summed E-state index contributed by atoms with van der Waals surface area (Å²) in [6, 6.07) is 7.21. The molecule has 0 spiro atoms. The second kappa shape index (κ2) is 5.91. The molecule has 0 unspecified atom stereocenters. The molecule has 0 aliphatic heterocycles. The number of nitrogens with zero attached hydrogens (tertiary/aromatic N) is 2. The van der Waals surface area contributed by atoms with Crippen LogP contribution in [0.3, 0.4) is 0 Å². The van der Waals surface area contributed by atoms with Gasteiger partial charge in [0.25, 0.3) is 0 Å². The second-order valence-corrected chi connectivity index (χ2v) is 6.56. The lowest BCUT2D eigenvalue weighted by Gasteiger charge is -2.21. The first-order valence-corrected chi connectivity index (χ1v) is 7.32. The fourth-order valence-corrected chi connectivity index (χ4v) is 2.70. The van der Waals surface area contributed by atoms with Crippen LogP contribution in [0.1, 0.15) is 43.3 Å². The third-order valence-corrected chi connectivity index (χ3v) is 3.72. The van der Waals surface area contributed by atoms with E-state index in [2.05, 4.69) is 5.10 Å². The van der Waals surface area contributed by atoms with Gasteiger partial charge in [0.05, 0.1) is 13.7 Å². The lowest BCUT2D eigenvalue weighted by Crippen LogP contribution is -2.19. The summed E-state index contributed by atoms with van der Waals surface area (Å²) in [6.07, 6.45) is -4.46. The van der Waals surface area contributed by atoms with E-state index >= 15 is 0 Å². The highest BCUT2D eigenvalue weighted by Gasteiger charge is 2.41. The molecule has 0 bridgehead atoms. The van der Waals surface area contributed by atoms with Crippen LogP contribution in [0.4, 0.5) is 13.2 Å². The summed E-state index contributed by atoms with van der Waals surface area (Å²) >= 11 is 0. The fourth-order valence-electron chi connectivity index (χ4n) is 2.70. The number of ether oxygens (including phenoxy) is 1. The van der Waals surface area contributed by atoms with Gasteiger partial charge in [-0.05, 0) is 30.0 Å². The Kier molecular flexibility index (Phi) is 4.46. The molecule has 6 heteroatoms. The Morgan fingerprint density at radius 1 is 1.09 bits per heavy atom. The van der Waals surface area contributed by atoms with Crippen LogP contribution in [0.25, 0.3) is 0 Å². The lowest BCUT2D eigenvalue weighted by molar-refractivity contribution is -0.142. The summed E-state index contributed by atoms with van der Waals surface area (Å²) in [5.41, 5.74) is 0.230. The molecular formula is C17H21F3N2O. The Morgan fingerprint density at radius 3 is 2.04 bits per heavy atom.